The van der Waals surface area contributed by atoms with Gasteiger partial charge in [-0.15, -0.1) is 0 Å². The third-order valence-corrected chi connectivity index (χ3v) is 3.61. The molecule has 0 unspecified atom stereocenters. The normalized spacial score (nSPS) is 17.9. The van der Waals surface area contributed by atoms with Gasteiger partial charge in [0.2, 0.25) is 0 Å². The van der Waals surface area contributed by atoms with E-state index in [4.69, 9.17) is 9.47 Å². The van der Waals surface area contributed by atoms with Crippen LogP contribution < -0.4 is 14.8 Å². The maximum Gasteiger partial charge on any atom is 0.124 e. The summed E-state index contributed by atoms with van der Waals surface area (Å²) in [5.41, 5.74) is 2.37. The van der Waals surface area contributed by atoms with Crippen molar-refractivity contribution in [3.63, 3.8) is 0 Å². The largest absolute Gasteiger partial charge is 0.497 e. The third-order valence-electron chi connectivity index (χ3n) is 3.61. The molecule has 4 heteroatoms. The number of methoxy groups -OCH3 is 2. The Hall–Kier alpha value is -1.94. The Bertz CT molecular complexity index is 577. The number of ether oxygens (including phenoxy) is 2. The molecule has 19 heavy (non-hydrogen) atoms. The zero-order valence-corrected chi connectivity index (χ0v) is 11.2. The summed E-state index contributed by atoms with van der Waals surface area (Å²) in [6.07, 6.45) is 2.12. The van der Waals surface area contributed by atoms with E-state index in [0.717, 1.165) is 30.2 Å². The summed E-state index contributed by atoms with van der Waals surface area (Å²) in [5.74, 6) is 1.73. The fourth-order valence-corrected chi connectivity index (χ4v) is 2.66. The Morgan fingerprint density at radius 3 is 2.89 bits per heavy atom. The van der Waals surface area contributed by atoms with Crippen LogP contribution in [-0.4, -0.2) is 25.3 Å². The molecule has 1 atom stereocenters. The Morgan fingerprint density at radius 2 is 2.11 bits per heavy atom. The van der Waals surface area contributed by atoms with E-state index >= 15 is 0 Å². The van der Waals surface area contributed by atoms with Gasteiger partial charge >= 0.3 is 0 Å². The molecule has 4 nitrogen and oxygen atoms in total. The molecule has 100 valence electrons. The van der Waals surface area contributed by atoms with E-state index in [1.165, 1.54) is 5.69 Å². The van der Waals surface area contributed by atoms with Crippen molar-refractivity contribution in [2.24, 2.45) is 0 Å². The molecule has 1 aromatic carbocycles. The molecule has 0 saturated carbocycles. The molecule has 0 bridgehead atoms. The van der Waals surface area contributed by atoms with Crippen molar-refractivity contribution >= 4 is 0 Å². The van der Waals surface area contributed by atoms with Crippen molar-refractivity contribution in [2.75, 3.05) is 20.8 Å². The van der Waals surface area contributed by atoms with Gasteiger partial charge in [0, 0.05) is 30.5 Å². The van der Waals surface area contributed by atoms with E-state index in [2.05, 4.69) is 28.2 Å². The molecule has 0 fully saturated rings. The van der Waals surface area contributed by atoms with Crippen LogP contribution in [0.1, 0.15) is 17.3 Å². The SMILES string of the molecule is COc1ccc(OC)c([C@H]2NCCn3cccc32)c1. The number of aromatic nitrogens is 1. The second-order valence-electron chi connectivity index (χ2n) is 4.62. The van der Waals surface area contributed by atoms with Gasteiger partial charge < -0.3 is 19.4 Å². The van der Waals surface area contributed by atoms with Gasteiger partial charge in [0.1, 0.15) is 11.5 Å². The van der Waals surface area contributed by atoms with Gasteiger partial charge in [0.05, 0.1) is 20.3 Å². The number of benzene rings is 1. The van der Waals surface area contributed by atoms with Crippen molar-refractivity contribution in [2.45, 2.75) is 12.6 Å². The Kier molecular flexibility index (Phi) is 3.17. The lowest BCUT2D eigenvalue weighted by atomic mass is 10.0. The molecule has 1 N–H and O–H groups in total. The first-order valence-corrected chi connectivity index (χ1v) is 6.44. The molecule has 2 heterocycles. The monoisotopic (exact) mass is 258 g/mol. The summed E-state index contributed by atoms with van der Waals surface area (Å²) >= 11 is 0. The lowest BCUT2D eigenvalue weighted by Crippen LogP contribution is -2.33. The highest BCUT2D eigenvalue weighted by molar-refractivity contribution is 5.45. The van der Waals surface area contributed by atoms with Gasteiger partial charge in [-0.1, -0.05) is 0 Å². The number of hydrogen-bond acceptors (Lipinski definition) is 3. The van der Waals surface area contributed by atoms with Crippen molar-refractivity contribution in [1.29, 1.82) is 0 Å². The molecular formula is C15H18N2O2. The minimum Gasteiger partial charge on any atom is -0.497 e. The molecule has 0 spiro atoms. The maximum absolute atomic E-state index is 5.48. The highest BCUT2D eigenvalue weighted by atomic mass is 16.5. The Balaban J connectivity index is 2.07. The van der Waals surface area contributed by atoms with Crippen molar-refractivity contribution in [1.82, 2.24) is 9.88 Å². The van der Waals surface area contributed by atoms with Crippen LogP contribution in [0.3, 0.4) is 0 Å². The van der Waals surface area contributed by atoms with E-state index in [0.29, 0.717) is 0 Å². The van der Waals surface area contributed by atoms with Crippen LogP contribution >= 0.6 is 0 Å². The quantitative estimate of drug-likeness (QED) is 0.916. The zero-order valence-electron chi connectivity index (χ0n) is 11.2. The van der Waals surface area contributed by atoms with Crippen molar-refractivity contribution in [3.05, 3.63) is 47.8 Å². The van der Waals surface area contributed by atoms with Crippen LogP contribution in [0.15, 0.2) is 36.5 Å². The summed E-state index contributed by atoms with van der Waals surface area (Å²) in [6, 6.07) is 10.3. The van der Waals surface area contributed by atoms with Gasteiger partial charge in [-0.05, 0) is 30.3 Å². The summed E-state index contributed by atoms with van der Waals surface area (Å²) in [4.78, 5) is 0. The number of nitrogens with zero attached hydrogens (tertiary/aromatic N) is 1. The molecule has 0 radical (unpaired) electrons. The zero-order chi connectivity index (χ0) is 13.2. The van der Waals surface area contributed by atoms with Gasteiger partial charge in [0.15, 0.2) is 0 Å². The first-order chi connectivity index (χ1) is 9.33. The summed E-state index contributed by atoms with van der Waals surface area (Å²) in [7, 11) is 3.38. The third kappa shape index (κ3) is 2.08. The molecule has 3 rings (SSSR count). The number of rotatable bonds is 3. The van der Waals surface area contributed by atoms with Crippen LogP contribution in [0.2, 0.25) is 0 Å². The Morgan fingerprint density at radius 1 is 1.21 bits per heavy atom. The number of fused-ring (bicyclic) bond motifs is 1. The van der Waals surface area contributed by atoms with E-state index in [9.17, 15) is 0 Å². The second kappa shape index (κ2) is 4.97. The highest BCUT2D eigenvalue weighted by Crippen LogP contribution is 2.34. The topological polar surface area (TPSA) is 35.4 Å². The first-order valence-electron chi connectivity index (χ1n) is 6.44. The highest BCUT2D eigenvalue weighted by Gasteiger charge is 2.24. The van der Waals surface area contributed by atoms with Gasteiger partial charge in [-0.25, -0.2) is 0 Å². The van der Waals surface area contributed by atoms with Gasteiger partial charge in [-0.3, -0.25) is 0 Å². The smallest absolute Gasteiger partial charge is 0.124 e. The van der Waals surface area contributed by atoms with Crippen LogP contribution in [0.4, 0.5) is 0 Å². The fourth-order valence-electron chi connectivity index (χ4n) is 2.66. The summed E-state index contributed by atoms with van der Waals surface area (Å²) < 4.78 is 13.1. The fraction of sp³-hybridized carbons (Fsp3) is 0.333. The minimum atomic E-state index is 0.147. The van der Waals surface area contributed by atoms with Crippen molar-refractivity contribution in [3.8, 4) is 11.5 Å². The Labute approximate surface area is 113 Å². The van der Waals surface area contributed by atoms with E-state index in [1.54, 1.807) is 14.2 Å². The predicted molar refractivity (Wildman–Crippen MR) is 73.8 cm³/mol. The average molecular weight is 258 g/mol. The number of nitrogens with one attached hydrogen (secondary N) is 1. The molecule has 0 saturated heterocycles. The van der Waals surface area contributed by atoms with E-state index in [1.807, 2.05) is 18.2 Å². The van der Waals surface area contributed by atoms with Gasteiger partial charge in [-0.2, -0.15) is 0 Å². The molecule has 1 aromatic heterocycles. The molecule has 1 aliphatic heterocycles. The minimum absolute atomic E-state index is 0.147. The van der Waals surface area contributed by atoms with Crippen LogP contribution in [0.5, 0.6) is 11.5 Å². The van der Waals surface area contributed by atoms with Gasteiger partial charge in [0.25, 0.3) is 0 Å². The first kappa shape index (κ1) is 12.1. The molecule has 0 amide bonds. The second-order valence-corrected chi connectivity index (χ2v) is 4.62. The lowest BCUT2D eigenvalue weighted by Gasteiger charge is -2.28. The van der Waals surface area contributed by atoms with Crippen molar-refractivity contribution < 1.29 is 9.47 Å². The van der Waals surface area contributed by atoms with Crippen LogP contribution in [0, 0.1) is 0 Å². The van der Waals surface area contributed by atoms with Crippen LogP contribution in [-0.2, 0) is 6.54 Å². The molecule has 0 aliphatic carbocycles. The maximum atomic E-state index is 5.48. The van der Waals surface area contributed by atoms with E-state index < -0.39 is 0 Å². The van der Waals surface area contributed by atoms with E-state index in [-0.39, 0.29) is 6.04 Å². The summed E-state index contributed by atoms with van der Waals surface area (Å²) in [6.45, 7) is 1.96. The lowest BCUT2D eigenvalue weighted by molar-refractivity contribution is 0.386. The number of hydrogen-bond donors (Lipinski definition) is 1. The van der Waals surface area contributed by atoms with Crippen LogP contribution in [0.25, 0.3) is 0 Å². The predicted octanol–water partition coefficient (Wildman–Crippen LogP) is 2.20. The average Bonchev–Trinajstić information content (AvgIpc) is 2.94. The molecular weight excluding hydrogens is 240 g/mol. The summed E-state index contributed by atoms with van der Waals surface area (Å²) in [5, 5.41) is 3.55. The standard InChI is InChI=1S/C15H18N2O2/c1-18-11-5-6-14(19-2)12(10-11)15-13-4-3-8-17(13)9-7-16-15/h3-6,8,10,15-16H,7,9H2,1-2H3/t15-/m1/s1. The molecule has 2 aromatic rings. The molecule has 1 aliphatic rings.